The monoisotopic (exact) mass is 336 g/mol. The van der Waals surface area contributed by atoms with Crippen LogP contribution in [-0.2, 0) is 0 Å². The molecule has 88 valence electrons. The van der Waals surface area contributed by atoms with Crippen LogP contribution in [0.4, 0.5) is 0 Å². The van der Waals surface area contributed by atoms with Gasteiger partial charge in [-0.2, -0.15) is 0 Å². The molecule has 0 N–H and O–H groups in total. The minimum atomic E-state index is 1.08. The van der Waals surface area contributed by atoms with Crippen molar-refractivity contribution >= 4 is 45.8 Å². The van der Waals surface area contributed by atoms with Crippen molar-refractivity contribution in [2.24, 2.45) is 0 Å². The molecule has 0 saturated carbocycles. The molecule has 0 amide bonds. The van der Waals surface area contributed by atoms with Crippen molar-refractivity contribution in [1.82, 2.24) is 0 Å². The zero-order chi connectivity index (χ0) is 12.5. The summed E-state index contributed by atoms with van der Waals surface area (Å²) in [4.78, 5) is 0. The van der Waals surface area contributed by atoms with E-state index in [1.54, 1.807) is 0 Å². The van der Waals surface area contributed by atoms with Crippen molar-refractivity contribution in [3.63, 3.8) is 0 Å². The molecule has 0 spiro atoms. The molecule has 3 heteroatoms. The summed E-state index contributed by atoms with van der Waals surface area (Å²) in [7, 11) is 1.21. The van der Waals surface area contributed by atoms with Gasteiger partial charge in [0, 0.05) is 0 Å². The molecular formula is C14H19B2I. The highest BCUT2D eigenvalue weighted by atomic mass is 127. The molecule has 0 radical (unpaired) electrons. The molecule has 0 atom stereocenters. The van der Waals surface area contributed by atoms with E-state index in [9.17, 15) is 0 Å². The van der Waals surface area contributed by atoms with Gasteiger partial charge in [0.05, 0.1) is 0 Å². The summed E-state index contributed by atoms with van der Waals surface area (Å²) in [6, 6.07) is 8.90. The van der Waals surface area contributed by atoms with Crippen molar-refractivity contribution in [2.75, 3.05) is 0 Å². The highest BCUT2D eigenvalue weighted by Gasteiger charge is 1.98. The third-order valence-electron chi connectivity index (χ3n) is 2.62. The first-order valence-corrected chi connectivity index (χ1v) is 7.86. The van der Waals surface area contributed by atoms with Crippen LogP contribution in [0.1, 0.15) is 18.9 Å². The molecule has 1 rings (SSSR count). The van der Waals surface area contributed by atoms with Crippen LogP contribution in [0.2, 0.25) is 13.1 Å². The van der Waals surface area contributed by atoms with E-state index in [0.29, 0.717) is 0 Å². The molecule has 1 aromatic rings. The molecule has 1 aromatic carbocycles. The van der Waals surface area contributed by atoms with Gasteiger partial charge in [-0.05, 0) is 17.6 Å². The Morgan fingerprint density at radius 3 is 2.53 bits per heavy atom. The zero-order valence-electron chi connectivity index (χ0n) is 10.7. The molecule has 0 unspecified atom stereocenters. The first-order valence-electron chi connectivity index (χ1n) is 6.33. The summed E-state index contributed by atoms with van der Waals surface area (Å²) in [5.74, 6) is 0. The second-order valence-electron chi connectivity index (χ2n) is 4.09. The van der Waals surface area contributed by atoms with Crippen molar-refractivity contribution in [3.8, 4) is 0 Å². The van der Waals surface area contributed by atoms with Crippen LogP contribution >= 0.6 is 22.4 Å². The maximum atomic E-state index is 2.40. The van der Waals surface area contributed by atoms with Crippen LogP contribution in [0, 0.1) is 0 Å². The third kappa shape index (κ3) is 5.15. The highest BCUT2D eigenvalue weighted by Crippen LogP contribution is 2.16. The first kappa shape index (κ1) is 14.6. The third-order valence-corrected chi connectivity index (χ3v) is 3.50. The average molecular weight is 336 g/mol. The lowest BCUT2D eigenvalue weighted by Crippen LogP contribution is -2.06. The van der Waals surface area contributed by atoms with Gasteiger partial charge < -0.3 is 0 Å². The summed E-state index contributed by atoms with van der Waals surface area (Å²) < 4.78 is 0. The molecular weight excluding hydrogens is 317 g/mol. The minimum absolute atomic E-state index is 1.08. The predicted molar refractivity (Wildman–Crippen MR) is 92.5 cm³/mol. The van der Waals surface area contributed by atoms with Gasteiger partial charge in [0.2, 0.25) is 5.14 Å². The fourth-order valence-electron chi connectivity index (χ4n) is 1.67. The Hall–Kier alpha value is -0.440. The highest BCUT2D eigenvalue weighted by molar-refractivity contribution is 14.1. The van der Waals surface area contributed by atoms with E-state index in [1.165, 1.54) is 23.9 Å². The molecule has 0 saturated heterocycles. The van der Waals surface area contributed by atoms with E-state index in [1.807, 2.05) is 0 Å². The lowest BCUT2D eigenvalue weighted by Gasteiger charge is -2.04. The van der Waals surface area contributed by atoms with Crippen molar-refractivity contribution < 1.29 is 0 Å². The number of rotatable bonds is 6. The Morgan fingerprint density at radius 1 is 1.29 bits per heavy atom. The van der Waals surface area contributed by atoms with E-state index in [-0.39, 0.29) is 0 Å². The Kier molecular flexibility index (Phi) is 7.41. The summed E-state index contributed by atoms with van der Waals surface area (Å²) >= 11 is 2.40. The van der Waals surface area contributed by atoms with Gasteiger partial charge in [-0.15, -0.1) is 22.4 Å². The van der Waals surface area contributed by atoms with Crippen molar-refractivity contribution in [3.05, 3.63) is 48.1 Å². The van der Waals surface area contributed by atoms with Gasteiger partial charge in [0.1, 0.15) is 7.28 Å². The maximum absolute atomic E-state index is 2.40. The normalized spacial score (nSPS) is 11.8. The van der Waals surface area contributed by atoms with E-state index in [2.05, 4.69) is 78.6 Å². The Morgan fingerprint density at radius 2 is 2.00 bits per heavy atom. The summed E-state index contributed by atoms with van der Waals surface area (Å²) in [6.45, 7) is 4.40. The fraction of sp³-hybridized carbons (Fsp3) is 0.286. The molecule has 0 fully saturated rings. The quantitative estimate of drug-likeness (QED) is 0.425. The Bertz CT molecular complexity index is 380. The number of halogens is 1. The Labute approximate surface area is 120 Å². The van der Waals surface area contributed by atoms with Crippen LogP contribution in [0.3, 0.4) is 0 Å². The zero-order valence-corrected chi connectivity index (χ0v) is 12.9. The molecule has 0 nitrogen and oxygen atoms in total. The SMILES string of the molecule is CBC/C=C\C(=C/CC)c1ccc(BI)cc1. The number of benzene rings is 1. The lowest BCUT2D eigenvalue weighted by atomic mass is 9.78. The summed E-state index contributed by atoms with van der Waals surface area (Å²) in [5.41, 5.74) is 4.07. The molecule has 0 heterocycles. The van der Waals surface area contributed by atoms with Crippen LogP contribution in [-0.4, -0.2) is 12.4 Å². The van der Waals surface area contributed by atoms with Gasteiger partial charge in [0.25, 0.3) is 0 Å². The lowest BCUT2D eigenvalue weighted by molar-refractivity contribution is 1.23. The molecule has 17 heavy (non-hydrogen) atoms. The van der Waals surface area contributed by atoms with E-state index >= 15 is 0 Å². The summed E-state index contributed by atoms with van der Waals surface area (Å²) in [6.07, 6.45) is 9.07. The molecule has 0 aliphatic rings. The van der Waals surface area contributed by atoms with Gasteiger partial charge >= 0.3 is 0 Å². The standard InChI is InChI=1S/C14H19B2I/c1-3-5-12(6-4-11-15-2)13-7-9-14(16-17)10-8-13/h4-10,15-16H,3,11H2,1-2H3/b6-4-,12-5+. The van der Waals surface area contributed by atoms with Gasteiger partial charge in [-0.3, -0.25) is 0 Å². The molecule has 0 aliphatic carbocycles. The molecule has 0 bridgehead atoms. The molecule has 0 aromatic heterocycles. The second-order valence-corrected chi connectivity index (χ2v) is 4.85. The van der Waals surface area contributed by atoms with E-state index in [0.717, 1.165) is 17.9 Å². The maximum Gasteiger partial charge on any atom is 0.232 e. The van der Waals surface area contributed by atoms with Crippen LogP contribution < -0.4 is 5.46 Å². The topological polar surface area (TPSA) is 0 Å². The van der Waals surface area contributed by atoms with Gasteiger partial charge in [-0.25, -0.2) is 0 Å². The smallest absolute Gasteiger partial charge is 0.148 e. The van der Waals surface area contributed by atoms with Gasteiger partial charge in [-0.1, -0.05) is 68.0 Å². The minimum Gasteiger partial charge on any atom is -0.148 e. The van der Waals surface area contributed by atoms with E-state index in [4.69, 9.17) is 0 Å². The first-order chi connectivity index (χ1) is 8.31. The predicted octanol–water partition coefficient (Wildman–Crippen LogP) is 3.35. The number of allylic oxidation sites excluding steroid dienone is 4. The molecule has 0 aliphatic heterocycles. The largest absolute Gasteiger partial charge is 0.232 e. The van der Waals surface area contributed by atoms with E-state index < -0.39 is 0 Å². The fourth-order valence-corrected chi connectivity index (χ4v) is 2.17. The van der Waals surface area contributed by atoms with Crippen LogP contribution in [0.15, 0.2) is 42.5 Å². The van der Waals surface area contributed by atoms with Crippen LogP contribution in [0.25, 0.3) is 5.57 Å². The average Bonchev–Trinajstić information content (AvgIpc) is 2.38. The second kappa shape index (κ2) is 8.62. The van der Waals surface area contributed by atoms with Crippen LogP contribution in [0.5, 0.6) is 0 Å². The van der Waals surface area contributed by atoms with Crippen molar-refractivity contribution in [1.29, 1.82) is 0 Å². The number of hydrogen-bond donors (Lipinski definition) is 0. The Balaban J connectivity index is 2.86. The van der Waals surface area contributed by atoms with Gasteiger partial charge in [0.15, 0.2) is 0 Å². The number of hydrogen-bond acceptors (Lipinski definition) is 0. The van der Waals surface area contributed by atoms with Crippen molar-refractivity contribution in [2.45, 2.75) is 26.5 Å². The summed E-state index contributed by atoms with van der Waals surface area (Å²) in [5, 5.41) is 1.08.